The monoisotopic (exact) mass is 406 g/mol. The number of carbonyl (C=O) groups is 2. The molecule has 1 fully saturated rings. The van der Waals surface area contributed by atoms with Crippen LogP contribution < -0.4 is 19.7 Å². The minimum Gasteiger partial charge on any atom is -0.454 e. The molecule has 0 aliphatic carbocycles. The number of rotatable bonds is 4. The van der Waals surface area contributed by atoms with Gasteiger partial charge in [-0.25, -0.2) is 0 Å². The molecule has 3 heterocycles. The average Bonchev–Trinajstić information content (AvgIpc) is 3.47. The Morgan fingerprint density at radius 3 is 2.73 bits per heavy atom. The van der Waals surface area contributed by atoms with E-state index in [1.165, 1.54) is 0 Å². The third-order valence-corrected chi connectivity index (χ3v) is 5.12. The highest BCUT2D eigenvalue weighted by Gasteiger charge is 2.35. The number of carbonyl (C=O) groups excluding carboxylic acids is 2. The highest BCUT2D eigenvalue weighted by atomic mass is 16.7. The van der Waals surface area contributed by atoms with Gasteiger partial charge in [0.25, 0.3) is 5.91 Å². The average molecular weight is 406 g/mol. The molecule has 152 valence electrons. The second-order valence-electron chi connectivity index (χ2n) is 7.21. The Balaban J connectivity index is 1.27. The fourth-order valence-electron chi connectivity index (χ4n) is 3.50. The van der Waals surface area contributed by atoms with Gasteiger partial charge in [-0.05, 0) is 37.3 Å². The summed E-state index contributed by atoms with van der Waals surface area (Å²) >= 11 is 0. The molecular formula is C21H18N4O5. The Hall–Kier alpha value is -3.88. The largest absolute Gasteiger partial charge is 0.454 e. The third kappa shape index (κ3) is 3.34. The lowest BCUT2D eigenvalue weighted by atomic mass is 10.1. The van der Waals surface area contributed by atoms with Crippen LogP contribution in [0.25, 0.3) is 0 Å². The molecule has 0 bridgehead atoms. The molecule has 30 heavy (non-hydrogen) atoms. The molecule has 2 aliphatic heterocycles. The maximum Gasteiger partial charge on any atom is 0.322 e. The molecule has 9 heteroatoms. The van der Waals surface area contributed by atoms with Crippen molar-refractivity contribution in [3.05, 3.63) is 59.5 Å². The van der Waals surface area contributed by atoms with Crippen molar-refractivity contribution in [1.82, 2.24) is 10.2 Å². The van der Waals surface area contributed by atoms with E-state index in [4.69, 9.17) is 13.9 Å². The number of hydrogen-bond acceptors (Lipinski definition) is 7. The number of fused-ring (bicyclic) bond motifs is 1. The van der Waals surface area contributed by atoms with Gasteiger partial charge in [0.2, 0.25) is 18.6 Å². The highest BCUT2D eigenvalue weighted by molar-refractivity contribution is 6.03. The van der Waals surface area contributed by atoms with Crippen molar-refractivity contribution in [2.75, 3.05) is 23.6 Å². The van der Waals surface area contributed by atoms with Crippen LogP contribution in [0.1, 0.15) is 34.2 Å². The summed E-state index contributed by atoms with van der Waals surface area (Å²) in [6.07, 6.45) is 0.269. The second-order valence-corrected chi connectivity index (χ2v) is 7.21. The van der Waals surface area contributed by atoms with Crippen molar-refractivity contribution < 1.29 is 23.5 Å². The van der Waals surface area contributed by atoms with Crippen LogP contribution in [-0.4, -0.2) is 35.3 Å². The molecule has 2 aliphatic rings. The quantitative estimate of drug-likeness (QED) is 0.710. The number of aromatic nitrogens is 2. The fraction of sp³-hybridized carbons (Fsp3) is 0.238. The SMILES string of the molecule is Cc1ccc(N2C[C@H](c3nnc(NC(=O)c4ccc5c(c4)OCO5)o3)CC2=O)cc1. The van der Waals surface area contributed by atoms with Gasteiger partial charge in [-0.1, -0.05) is 22.8 Å². The normalized spacial score (nSPS) is 17.4. The van der Waals surface area contributed by atoms with Crippen molar-refractivity contribution in [3.8, 4) is 11.5 Å². The third-order valence-electron chi connectivity index (χ3n) is 5.12. The Bertz CT molecular complexity index is 1120. The summed E-state index contributed by atoms with van der Waals surface area (Å²) in [5.74, 6) is 0.770. The highest BCUT2D eigenvalue weighted by Crippen LogP contribution is 2.33. The molecule has 1 saturated heterocycles. The van der Waals surface area contributed by atoms with Gasteiger partial charge in [0.05, 0.1) is 5.92 Å². The maximum atomic E-state index is 12.5. The Kier molecular flexibility index (Phi) is 4.35. The lowest BCUT2D eigenvalue weighted by Gasteiger charge is -2.16. The number of amides is 2. The Morgan fingerprint density at radius 2 is 1.90 bits per heavy atom. The number of nitrogens with one attached hydrogen (secondary N) is 1. The zero-order valence-corrected chi connectivity index (χ0v) is 16.1. The summed E-state index contributed by atoms with van der Waals surface area (Å²) in [4.78, 5) is 26.6. The molecule has 0 spiro atoms. The first-order chi connectivity index (χ1) is 14.6. The van der Waals surface area contributed by atoms with E-state index in [2.05, 4.69) is 15.5 Å². The van der Waals surface area contributed by atoms with E-state index in [9.17, 15) is 9.59 Å². The van der Waals surface area contributed by atoms with Crippen LogP contribution in [0.5, 0.6) is 11.5 Å². The van der Waals surface area contributed by atoms with Crippen molar-refractivity contribution in [3.63, 3.8) is 0 Å². The first kappa shape index (κ1) is 18.2. The smallest absolute Gasteiger partial charge is 0.322 e. The topological polar surface area (TPSA) is 107 Å². The maximum absolute atomic E-state index is 12.5. The van der Waals surface area contributed by atoms with Gasteiger partial charge in [-0.2, -0.15) is 0 Å². The molecule has 0 unspecified atom stereocenters. The van der Waals surface area contributed by atoms with E-state index >= 15 is 0 Å². The van der Waals surface area contributed by atoms with Gasteiger partial charge in [0.15, 0.2) is 11.5 Å². The molecule has 3 aromatic rings. The lowest BCUT2D eigenvalue weighted by Crippen LogP contribution is -2.24. The number of nitrogens with zero attached hydrogens (tertiary/aromatic N) is 3. The van der Waals surface area contributed by atoms with Crippen LogP contribution in [0.4, 0.5) is 11.7 Å². The van der Waals surface area contributed by atoms with Gasteiger partial charge in [0.1, 0.15) is 0 Å². The zero-order valence-electron chi connectivity index (χ0n) is 16.1. The van der Waals surface area contributed by atoms with Gasteiger partial charge in [-0.15, -0.1) is 5.10 Å². The molecule has 2 aromatic carbocycles. The predicted octanol–water partition coefficient (Wildman–Crippen LogP) is 2.88. The number of ether oxygens (including phenoxy) is 2. The van der Waals surface area contributed by atoms with E-state index in [0.29, 0.717) is 29.5 Å². The summed E-state index contributed by atoms with van der Waals surface area (Å²) in [5, 5.41) is 10.5. The Morgan fingerprint density at radius 1 is 1.10 bits per heavy atom. The standard InChI is InChI=1S/C21H18N4O5/c1-12-2-5-15(6-3-12)25-10-14(9-18(25)26)20-23-24-21(30-20)22-19(27)13-4-7-16-17(8-13)29-11-28-16/h2-8,14H,9-11H2,1H3,(H,22,24,27)/t14-/m1/s1. The van der Waals surface area contributed by atoms with Crippen LogP contribution in [0.15, 0.2) is 46.9 Å². The minimum absolute atomic E-state index is 0.00648. The summed E-state index contributed by atoms with van der Waals surface area (Å²) in [6, 6.07) is 12.6. The van der Waals surface area contributed by atoms with Gasteiger partial charge in [-0.3, -0.25) is 14.9 Å². The number of aryl methyl sites for hydroxylation is 1. The van der Waals surface area contributed by atoms with Crippen molar-refractivity contribution in [1.29, 1.82) is 0 Å². The fourth-order valence-corrected chi connectivity index (χ4v) is 3.50. The van der Waals surface area contributed by atoms with Gasteiger partial charge in [0, 0.05) is 24.2 Å². The minimum atomic E-state index is -0.410. The van der Waals surface area contributed by atoms with Crippen LogP contribution in [0.3, 0.4) is 0 Å². The number of hydrogen-bond donors (Lipinski definition) is 1. The molecule has 9 nitrogen and oxygen atoms in total. The van der Waals surface area contributed by atoms with Crippen LogP contribution >= 0.6 is 0 Å². The van der Waals surface area contributed by atoms with Crippen molar-refractivity contribution in [2.24, 2.45) is 0 Å². The van der Waals surface area contributed by atoms with E-state index in [0.717, 1.165) is 11.3 Å². The molecule has 2 amide bonds. The summed E-state index contributed by atoms with van der Waals surface area (Å²) in [5.41, 5.74) is 2.34. The second kappa shape index (κ2) is 7.18. The van der Waals surface area contributed by atoms with E-state index in [-0.39, 0.29) is 31.1 Å². The number of anilines is 2. The molecule has 1 aromatic heterocycles. The molecular weight excluding hydrogens is 388 g/mol. The lowest BCUT2D eigenvalue weighted by molar-refractivity contribution is -0.117. The molecule has 1 N–H and O–H groups in total. The van der Waals surface area contributed by atoms with E-state index in [1.807, 2.05) is 31.2 Å². The summed E-state index contributed by atoms with van der Waals surface area (Å²) < 4.78 is 16.1. The zero-order chi connectivity index (χ0) is 20.7. The molecule has 0 saturated carbocycles. The van der Waals surface area contributed by atoms with Crippen LogP contribution in [0.2, 0.25) is 0 Å². The van der Waals surface area contributed by atoms with E-state index in [1.54, 1.807) is 23.1 Å². The summed E-state index contributed by atoms with van der Waals surface area (Å²) in [6.45, 7) is 2.57. The van der Waals surface area contributed by atoms with Crippen LogP contribution in [0, 0.1) is 6.92 Å². The Labute approximate surface area is 171 Å². The molecule has 5 rings (SSSR count). The number of benzene rings is 2. The van der Waals surface area contributed by atoms with E-state index < -0.39 is 5.91 Å². The van der Waals surface area contributed by atoms with Crippen LogP contribution in [-0.2, 0) is 4.79 Å². The van der Waals surface area contributed by atoms with Crippen molar-refractivity contribution >= 4 is 23.5 Å². The van der Waals surface area contributed by atoms with Crippen molar-refractivity contribution in [2.45, 2.75) is 19.3 Å². The van der Waals surface area contributed by atoms with Gasteiger partial charge >= 0.3 is 6.01 Å². The summed E-state index contributed by atoms with van der Waals surface area (Å²) in [7, 11) is 0. The first-order valence-electron chi connectivity index (χ1n) is 9.48. The molecule has 1 atom stereocenters. The molecule has 0 radical (unpaired) electrons. The first-order valence-corrected chi connectivity index (χ1v) is 9.48. The predicted molar refractivity (Wildman–Crippen MR) is 106 cm³/mol. The van der Waals surface area contributed by atoms with Gasteiger partial charge < -0.3 is 18.8 Å².